The van der Waals surface area contributed by atoms with Crippen LogP contribution in [0.2, 0.25) is 0 Å². The van der Waals surface area contributed by atoms with Gasteiger partial charge in [-0.3, -0.25) is 0 Å². The van der Waals surface area contributed by atoms with Crippen LogP contribution in [0.3, 0.4) is 0 Å². The van der Waals surface area contributed by atoms with Gasteiger partial charge in [0.1, 0.15) is 0 Å². The second kappa shape index (κ2) is 6.71. The fourth-order valence-electron chi connectivity index (χ4n) is 1.53. The molecule has 0 heteroatoms. The van der Waals surface area contributed by atoms with Crippen LogP contribution < -0.4 is 0 Å². The van der Waals surface area contributed by atoms with E-state index >= 15 is 0 Å². The van der Waals surface area contributed by atoms with Crippen molar-refractivity contribution < 1.29 is 0 Å². The summed E-state index contributed by atoms with van der Waals surface area (Å²) in [6.07, 6.45) is 7.05. The molecule has 0 bridgehead atoms. The Morgan fingerprint density at radius 3 is 1.77 bits per heavy atom. The molecule has 0 unspecified atom stereocenters. The largest absolute Gasteiger partial charge is 0.0622 e. The van der Waals surface area contributed by atoms with Crippen molar-refractivity contribution in [2.75, 3.05) is 0 Å². The lowest BCUT2D eigenvalue weighted by Crippen LogP contribution is -2.00. The highest BCUT2D eigenvalue weighted by atomic mass is 14.1. The molecule has 1 aromatic rings. The zero-order valence-electron chi connectivity index (χ0n) is 8.21. The van der Waals surface area contributed by atoms with E-state index in [1.165, 1.54) is 32.1 Å². The third kappa shape index (κ3) is 5.46. The first-order valence-electron chi connectivity index (χ1n) is 5.14. The third-order valence-corrected chi connectivity index (χ3v) is 2.33. The van der Waals surface area contributed by atoms with Gasteiger partial charge in [-0.15, -0.1) is 0 Å². The van der Waals surface area contributed by atoms with E-state index in [1.54, 1.807) is 0 Å². The van der Waals surface area contributed by atoms with Crippen LogP contribution in [0.4, 0.5) is 0 Å². The van der Waals surface area contributed by atoms with Crippen LogP contribution in [0.5, 0.6) is 0 Å². The molecule has 13 heavy (non-hydrogen) atoms. The molecule has 0 aliphatic heterocycles. The summed E-state index contributed by atoms with van der Waals surface area (Å²) in [5, 5.41) is 0. The average molecular weight is 174 g/mol. The molecule has 2 radical (unpaired) electrons. The second-order valence-electron chi connectivity index (χ2n) is 3.58. The minimum Gasteiger partial charge on any atom is -0.0622 e. The lowest BCUT2D eigenvalue weighted by Gasteiger charge is -2.15. The Balaban J connectivity index is 0.000000132. The van der Waals surface area contributed by atoms with Crippen molar-refractivity contribution in [1.29, 1.82) is 0 Å². The lowest BCUT2D eigenvalue weighted by molar-refractivity contribution is 0.417. The van der Waals surface area contributed by atoms with Gasteiger partial charge in [0, 0.05) is 0 Å². The van der Waals surface area contributed by atoms with E-state index in [1.807, 2.05) is 30.3 Å². The smallest absolute Gasteiger partial charge is 0.0184 e. The number of rotatable bonds is 0. The van der Waals surface area contributed by atoms with Gasteiger partial charge < -0.3 is 0 Å². The lowest BCUT2D eigenvalue weighted by atomic mass is 9.91. The van der Waals surface area contributed by atoms with E-state index in [4.69, 9.17) is 0 Å². The quantitative estimate of drug-likeness (QED) is 0.560. The standard InChI is InChI=1S/C7H13.C6H5/c1-7-5-3-2-4-6-7;1-2-4-6-5-3-1/h7H,1-6H2;1-5H. The van der Waals surface area contributed by atoms with E-state index in [2.05, 4.69) is 13.0 Å². The van der Waals surface area contributed by atoms with Crippen molar-refractivity contribution in [1.82, 2.24) is 0 Å². The molecule has 0 amide bonds. The molecule has 0 spiro atoms. The molecule has 0 nitrogen and oxygen atoms in total. The summed E-state index contributed by atoms with van der Waals surface area (Å²) >= 11 is 0. The molecule has 1 aliphatic carbocycles. The normalized spacial score (nSPS) is 17.3. The van der Waals surface area contributed by atoms with Crippen LogP contribution in [0.25, 0.3) is 0 Å². The van der Waals surface area contributed by atoms with Gasteiger partial charge in [-0.1, -0.05) is 69.4 Å². The van der Waals surface area contributed by atoms with Crippen LogP contribution in [-0.4, -0.2) is 0 Å². The number of hydrogen-bond acceptors (Lipinski definition) is 0. The highest BCUT2D eigenvalue weighted by Gasteiger charge is 2.06. The summed E-state index contributed by atoms with van der Waals surface area (Å²) in [7, 11) is 0. The van der Waals surface area contributed by atoms with Crippen molar-refractivity contribution in [3.8, 4) is 0 Å². The topological polar surface area (TPSA) is 0 Å². The molecule has 0 heterocycles. The van der Waals surface area contributed by atoms with Crippen molar-refractivity contribution in [2.45, 2.75) is 32.1 Å². The van der Waals surface area contributed by atoms with E-state index in [0.717, 1.165) is 5.92 Å². The summed E-state index contributed by atoms with van der Waals surface area (Å²) in [6.45, 7) is 4.00. The molecular formula is C13H18. The molecule has 0 atom stereocenters. The zero-order valence-corrected chi connectivity index (χ0v) is 8.21. The van der Waals surface area contributed by atoms with Crippen molar-refractivity contribution in [2.24, 2.45) is 5.92 Å². The van der Waals surface area contributed by atoms with Gasteiger partial charge >= 0.3 is 0 Å². The maximum Gasteiger partial charge on any atom is -0.0184 e. The Labute approximate surface area is 82.0 Å². The maximum atomic E-state index is 4.00. The second-order valence-corrected chi connectivity index (χ2v) is 3.58. The van der Waals surface area contributed by atoms with E-state index in [-0.39, 0.29) is 0 Å². The highest BCUT2D eigenvalue weighted by molar-refractivity contribution is 4.97. The van der Waals surface area contributed by atoms with Gasteiger partial charge in [-0.2, -0.15) is 0 Å². The number of hydrogen-bond donors (Lipinski definition) is 0. The van der Waals surface area contributed by atoms with Gasteiger partial charge in [0.25, 0.3) is 0 Å². The van der Waals surface area contributed by atoms with Gasteiger partial charge in [0.15, 0.2) is 0 Å². The molecule has 0 aromatic heterocycles. The Hall–Kier alpha value is -0.780. The first-order chi connectivity index (χ1) is 6.39. The Bertz CT molecular complexity index is 158. The molecule has 0 saturated heterocycles. The van der Waals surface area contributed by atoms with Crippen LogP contribution in [-0.2, 0) is 0 Å². The summed E-state index contributed by atoms with van der Waals surface area (Å²) < 4.78 is 0. The van der Waals surface area contributed by atoms with Crippen molar-refractivity contribution in [3.63, 3.8) is 0 Å². The van der Waals surface area contributed by atoms with Gasteiger partial charge in [-0.05, 0) is 12.0 Å². The van der Waals surface area contributed by atoms with Gasteiger partial charge in [0.2, 0.25) is 0 Å². The first kappa shape index (κ1) is 10.3. The first-order valence-corrected chi connectivity index (χ1v) is 5.14. The maximum absolute atomic E-state index is 4.00. The summed E-state index contributed by atoms with van der Waals surface area (Å²) in [4.78, 5) is 0. The monoisotopic (exact) mass is 174 g/mol. The fourth-order valence-corrected chi connectivity index (χ4v) is 1.53. The predicted octanol–water partition coefficient (Wildman–Crippen LogP) is 3.89. The number of benzene rings is 1. The molecule has 0 N–H and O–H groups in total. The Morgan fingerprint density at radius 1 is 0.923 bits per heavy atom. The van der Waals surface area contributed by atoms with E-state index in [9.17, 15) is 0 Å². The van der Waals surface area contributed by atoms with E-state index in [0.29, 0.717) is 0 Å². The fraction of sp³-hybridized carbons (Fsp3) is 0.462. The molecule has 1 saturated carbocycles. The van der Waals surface area contributed by atoms with Crippen LogP contribution >= 0.6 is 0 Å². The highest BCUT2D eigenvalue weighted by Crippen LogP contribution is 2.21. The van der Waals surface area contributed by atoms with Crippen LogP contribution in [0.15, 0.2) is 30.3 Å². The predicted molar refractivity (Wildman–Crippen MR) is 57.2 cm³/mol. The Morgan fingerprint density at radius 2 is 1.54 bits per heavy atom. The zero-order chi connectivity index (χ0) is 9.36. The van der Waals surface area contributed by atoms with Crippen LogP contribution in [0, 0.1) is 18.9 Å². The molecule has 1 aromatic carbocycles. The summed E-state index contributed by atoms with van der Waals surface area (Å²) in [5.41, 5.74) is 0. The third-order valence-electron chi connectivity index (χ3n) is 2.33. The molecule has 1 fully saturated rings. The minimum atomic E-state index is 0.786. The average Bonchev–Trinajstić information content (AvgIpc) is 2.22. The van der Waals surface area contributed by atoms with Crippen LogP contribution in [0.1, 0.15) is 32.1 Å². The van der Waals surface area contributed by atoms with Gasteiger partial charge in [-0.25, -0.2) is 0 Å². The molecule has 70 valence electrons. The summed E-state index contributed by atoms with van der Waals surface area (Å²) in [6, 6.07) is 12.5. The van der Waals surface area contributed by atoms with Crippen molar-refractivity contribution in [3.05, 3.63) is 43.3 Å². The Kier molecular flexibility index (Phi) is 5.31. The molecular weight excluding hydrogens is 156 g/mol. The molecule has 1 aliphatic rings. The van der Waals surface area contributed by atoms with Crippen molar-refractivity contribution >= 4 is 0 Å². The van der Waals surface area contributed by atoms with E-state index < -0.39 is 0 Å². The minimum absolute atomic E-state index is 0.786. The van der Waals surface area contributed by atoms with Gasteiger partial charge in [0.05, 0.1) is 0 Å². The summed E-state index contributed by atoms with van der Waals surface area (Å²) in [5.74, 6) is 0.786. The SMILES string of the molecule is [CH2]C1CCCCC1.[c]1ccccc1. The molecule has 2 rings (SSSR count).